The Hall–Kier alpha value is -0.0900. The van der Waals surface area contributed by atoms with Gasteiger partial charge in [-0.25, -0.2) is 0 Å². The Labute approximate surface area is 116 Å². The van der Waals surface area contributed by atoms with E-state index in [9.17, 15) is 0 Å². The third-order valence-electron chi connectivity index (χ3n) is 3.19. The largest absolute Gasteiger partial charge is 0.378 e. The van der Waals surface area contributed by atoms with Crippen molar-refractivity contribution in [3.63, 3.8) is 0 Å². The highest BCUT2D eigenvalue weighted by Crippen LogP contribution is 2.29. The van der Waals surface area contributed by atoms with E-state index in [-0.39, 0.29) is 6.04 Å². The Morgan fingerprint density at radius 3 is 3.00 bits per heavy atom. The van der Waals surface area contributed by atoms with Gasteiger partial charge in [-0.1, -0.05) is 33.6 Å². The minimum Gasteiger partial charge on any atom is -0.378 e. The highest BCUT2D eigenvalue weighted by atomic mass is 79.9. The lowest BCUT2D eigenvalue weighted by Crippen LogP contribution is -2.14. The van der Waals surface area contributed by atoms with Gasteiger partial charge in [0.05, 0.1) is 6.10 Å². The average molecular weight is 319 g/mol. The van der Waals surface area contributed by atoms with Gasteiger partial charge in [-0.2, -0.15) is 0 Å². The summed E-state index contributed by atoms with van der Waals surface area (Å²) in [7, 11) is 0. The average Bonchev–Trinajstić information content (AvgIpc) is 2.78. The van der Waals surface area contributed by atoms with Gasteiger partial charge in [0.15, 0.2) is 0 Å². The van der Waals surface area contributed by atoms with Crippen molar-refractivity contribution in [3.05, 3.63) is 33.3 Å². The molecule has 2 atom stereocenters. The molecule has 1 aliphatic heterocycles. The fourth-order valence-corrected chi connectivity index (χ4v) is 3.17. The SMILES string of the molecule is NC(CCC1CCCO1)c1ccc(Cl)cc1Br. The van der Waals surface area contributed by atoms with Crippen molar-refractivity contribution in [1.82, 2.24) is 0 Å². The number of nitrogens with two attached hydrogens (primary N) is 1. The van der Waals surface area contributed by atoms with Crippen molar-refractivity contribution in [2.75, 3.05) is 6.61 Å². The van der Waals surface area contributed by atoms with Gasteiger partial charge in [0.1, 0.15) is 0 Å². The summed E-state index contributed by atoms with van der Waals surface area (Å²) in [5.41, 5.74) is 7.31. The molecule has 0 saturated carbocycles. The fraction of sp³-hybridized carbons (Fsp3) is 0.538. The third kappa shape index (κ3) is 3.68. The lowest BCUT2D eigenvalue weighted by atomic mass is 10.0. The van der Waals surface area contributed by atoms with Crippen molar-refractivity contribution in [2.24, 2.45) is 5.73 Å². The first kappa shape index (κ1) is 13.3. The zero-order chi connectivity index (χ0) is 12.3. The van der Waals surface area contributed by atoms with Gasteiger partial charge in [-0.15, -0.1) is 0 Å². The van der Waals surface area contributed by atoms with Gasteiger partial charge in [-0.3, -0.25) is 0 Å². The predicted octanol–water partition coefficient (Wildman–Crippen LogP) is 4.06. The lowest BCUT2D eigenvalue weighted by Gasteiger charge is -2.16. The molecule has 0 aliphatic carbocycles. The second kappa shape index (κ2) is 6.19. The Morgan fingerprint density at radius 1 is 1.53 bits per heavy atom. The Balaban J connectivity index is 1.91. The minimum absolute atomic E-state index is 0.0471. The molecule has 94 valence electrons. The van der Waals surface area contributed by atoms with Crippen LogP contribution < -0.4 is 5.73 Å². The fourth-order valence-electron chi connectivity index (χ4n) is 2.20. The van der Waals surface area contributed by atoms with Gasteiger partial charge in [0.25, 0.3) is 0 Å². The van der Waals surface area contributed by atoms with Crippen LogP contribution in [0.3, 0.4) is 0 Å². The number of halogens is 2. The molecule has 0 amide bonds. The summed E-state index contributed by atoms with van der Waals surface area (Å²) in [4.78, 5) is 0. The first-order valence-electron chi connectivity index (χ1n) is 5.99. The summed E-state index contributed by atoms with van der Waals surface area (Å²) < 4.78 is 6.59. The molecule has 1 aromatic carbocycles. The van der Waals surface area contributed by atoms with Crippen LogP contribution >= 0.6 is 27.5 Å². The van der Waals surface area contributed by atoms with Crippen molar-refractivity contribution in [1.29, 1.82) is 0 Å². The molecule has 2 nitrogen and oxygen atoms in total. The molecule has 1 aliphatic rings. The van der Waals surface area contributed by atoms with Crippen LogP contribution in [0.4, 0.5) is 0 Å². The first-order valence-corrected chi connectivity index (χ1v) is 7.16. The van der Waals surface area contributed by atoms with E-state index in [2.05, 4.69) is 15.9 Å². The molecule has 2 rings (SSSR count). The number of hydrogen-bond acceptors (Lipinski definition) is 2. The maximum atomic E-state index is 6.20. The smallest absolute Gasteiger partial charge is 0.0576 e. The summed E-state index contributed by atoms with van der Waals surface area (Å²) in [5, 5.41) is 0.729. The number of ether oxygens (including phenoxy) is 1. The molecule has 1 saturated heterocycles. The number of rotatable bonds is 4. The summed E-state index contributed by atoms with van der Waals surface area (Å²) in [6.07, 6.45) is 4.76. The minimum atomic E-state index is 0.0471. The van der Waals surface area contributed by atoms with Crippen LogP contribution in [0, 0.1) is 0 Å². The molecule has 1 fully saturated rings. The zero-order valence-electron chi connectivity index (χ0n) is 9.66. The van der Waals surface area contributed by atoms with Gasteiger partial charge in [0, 0.05) is 22.1 Å². The second-order valence-electron chi connectivity index (χ2n) is 4.48. The number of benzene rings is 1. The third-order valence-corrected chi connectivity index (χ3v) is 4.11. The Kier molecular flexibility index (Phi) is 4.86. The predicted molar refractivity (Wildman–Crippen MR) is 74.3 cm³/mol. The maximum Gasteiger partial charge on any atom is 0.0576 e. The standard InChI is InChI=1S/C13H17BrClNO/c14-12-8-9(15)3-5-11(12)13(16)6-4-10-2-1-7-17-10/h3,5,8,10,13H,1-2,4,6-7,16H2. The first-order chi connectivity index (χ1) is 8.16. The normalized spacial score (nSPS) is 21.7. The van der Waals surface area contributed by atoms with E-state index in [0.717, 1.165) is 34.5 Å². The monoisotopic (exact) mass is 317 g/mol. The Bertz CT molecular complexity index is 380. The van der Waals surface area contributed by atoms with E-state index >= 15 is 0 Å². The lowest BCUT2D eigenvalue weighted by molar-refractivity contribution is 0.101. The molecule has 0 bridgehead atoms. The molecule has 2 N–H and O–H groups in total. The molecular weight excluding hydrogens is 302 g/mol. The molecule has 1 aromatic rings. The van der Waals surface area contributed by atoms with E-state index in [1.165, 1.54) is 12.8 Å². The molecule has 4 heteroatoms. The molecule has 0 radical (unpaired) electrons. The van der Waals surface area contributed by atoms with Crippen LogP contribution in [0.25, 0.3) is 0 Å². The van der Waals surface area contributed by atoms with Gasteiger partial charge in [-0.05, 0) is 43.4 Å². The summed E-state index contributed by atoms with van der Waals surface area (Å²) >= 11 is 9.42. The van der Waals surface area contributed by atoms with Crippen molar-refractivity contribution in [3.8, 4) is 0 Å². The molecule has 17 heavy (non-hydrogen) atoms. The van der Waals surface area contributed by atoms with Crippen LogP contribution in [0.15, 0.2) is 22.7 Å². The summed E-state index contributed by atoms with van der Waals surface area (Å²) in [6.45, 7) is 0.907. The van der Waals surface area contributed by atoms with Gasteiger partial charge < -0.3 is 10.5 Å². The maximum absolute atomic E-state index is 6.20. The van der Waals surface area contributed by atoms with E-state index in [1.807, 2.05) is 18.2 Å². The Morgan fingerprint density at radius 2 is 2.35 bits per heavy atom. The molecule has 0 spiro atoms. The molecule has 0 aromatic heterocycles. The summed E-state index contributed by atoms with van der Waals surface area (Å²) in [5.74, 6) is 0. The van der Waals surface area contributed by atoms with Crippen molar-refractivity contribution >= 4 is 27.5 Å². The van der Waals surface area contributed by atoms with E-state index in [0.29, 0.717) is 6.10 Å². The summed E-state index contributed by atoms with van der Waals surface area (Å²) in [6, 6.07) is 5.81. The van der Waals surface area contributed by atoms with E-state index in [4.69, 9.17) is 22.1 Å². The van der Waals surface area contributed by atoms with Crippen LogP contribution in [0.5, 0.6) is 0 Å². The van der Waals surface area contributed by atoms with E-state index < -0.39 is 0 Å². The van der Waals surface area contributed by atoms with Crippen LogP contribution in [-0.2, 0) is 4.74 Å². The molecular formula is C13H17BrClNO. The second-order valence-corrected chi connectivity index (χ2v) is 5.78. The van der Waals surface area contributed by atoms with Gasteiger partial charge >= 0.3 is 0 Å². The highest BCUT2D eigenvalue weighted by Gasteiger charge is 2.18. The zero-order valence-corrected chi connectivity index (χ0v) is 12.0. The van der Waals surface area contributed by atoms with Crippen molar-refractivity contribution in [2.45, 2.75) is 37.8 Å². The molecule has 2 unspecified atom stereocenters. The molecule has 1 heterocycles. The quantitative estimate of drug-likeness (QED) is 0.908. The van der Waals surface area contributed by atoms with Gasteiger partial charge in [0.2, 0.25) is 0 Å². The van der Waals surface area contributed by atoms with E-state index in [1.54, 1.807) is 0 Å². The topological polar surface area (TPSA) is 35.2 Å². The van der Waals surface area contributed by atoms with Crippen LogP contribution in [0.1, 0.15) is 37.3 Å². The number of hydrogen-bond donors (Lipinski definition) is 1. The highest BCUT2D eigenvalue weighted by molar-refractivity contribution is 9.10. The van der Waals surface area contributed by atoms with Crippen LogP contribution in [0.2, 0.25) is 5.02 Å². The van der Waals surface area contributed by atoms with Crippen molar-refractivity contribution < 1.29 is 4.74 Å². The van der Waals surface area contributed by atoms with Crippen LogP contribution in [-0.4, -0.2) is 12.7 Å².